The zero-order valence-electron chi connectivity index (χ0n) is 10.2. The van der Waals surface area contributed by atoms with Crippen molar-refractivity contribution in [3.8, 4) is 0 Å². The molecule has 1 aromatic heterocycles. The van der Waals surface area contributed by atoms with Crippen LogP contribution in [0.5, 0.6) is 0 Å². The van der Waals surface area contributed by atoms with E-state index in [0.29, 0.717) is 28.2 Å². The highest BCUT2D eigenvalue weighted by atomic mass is 35.5. The van der Waals surface area contributed by atoms with E-state index in [-0.39, 0.29) is 6.04 Å². The van der Waals surface area contributed by atoms with E-state index in [1.54, 1.807) is 0 Å². The van der Waals surface area contributed by atoms with Crippen LogP contribution in [0.25, 0.3) is 0 Å². The zero-order valence-corrected chi connectivity index (χ0v) is 13.3. The van der Waals surface area contributed by atoms with Crippen LogP contribution in [0, 0.1) is 0 Å². The summed E-state index contributed by atoms with van der Waals surface area (Å²) in [4.78, 5) is 0. The molecule has 2 N–H and O–H groups in total. The summed E-state index contributed by atoms with van der Waals surface area (Å²) in [5.41, 5.74) is 0.975. The number of sulfonamides is 1. The molecule has 104 valence electrons. The largest absolute Gasteiger partial charge is 0.310 e. The summed E-state index contributed by atoms with van der Waals surface area (Å²) in [5.74, 6) is 0. The van der Waals surface area contributed by atoms with Crippen LogP contribution in [0.2, 0.25) is 8.67 Å². The minimum Gasteiger partial charge on any atom is -0.310 e. The van der Waals surface area contributed by atoms with Crippen LogP contribution in [0.1, 0.15) is 24.9 Å². The van der Waals surface area contributed by atoms with E-state index in [1.165, 1.54) is 11.3 Å². The zero-order chi connectivity index (χ0) is 13.8. The van der Waals surface area contributed by atoms with Crippen molar-refractivity contribution < 1.29 is 8.42 Å². The van der Waals surface area contributed by atoms with Crippen molar-refractivity contribution in [2.24, 2.45) is 0 Å². The number of rotatable bonds is 7. The third-order valence-electron chi connectivity index (χ3n) is 2.32. The van der Waals surface area contributed by atoms with Crippen LogP contribution in [0.4, 0.5) is 0 Å². The molecule has 8 heteroatoms. The van der Waals surface area contributed by atoms with Gasteiger partial charge in [0.1, 0.15) is 0 Å². The average Bonchev–Trinajstić information content (AvgIpc) is 2.55. The van der Waals surface area contributed by atoms with Gasteiger partial charge in [0.15, 0.2) is 0 Å². The Balaban J connectivity index is 2.30. The van der Waals surface area contributed by atoms with Gasteiger partial charge < -0.3 is 5.32 Å². The molecule has 1 unspecified atom stereocenters. The Hall–Kier alpha value is 0.150. The van der Waals surface area contributed by atoms with Crippen molar-refractivity contribution in [1.29, 1.82) is 0 Å². The number of hydrogen-bond donors (Lipinski definition) is 2. The Morgan fingerprint density at radius 3 is 2.56 bits per heavy atom. The summed E-state index contributed by atoms with van der Waals surface area (Å²) in [6.07, 6.45) is 1.86. The van der Waals surface area contributed by atoms with E-state index >= 15 is 0 Å². The molecule has 0 radical (unpaired) electrons. The van der Waals surface area contributed by atoms with Crippen LogP contribution >= 0.6 is 34.5 Å². The van der Waals surface area contributed by atoms with Gasteiger partial charge in [0.2, 0.25) is 10.0 Å². The van der Waals surface area contributed by atoms with E-state index in [1.807, 2.05) is 13.0 Å². The second-order valence-corrected chi connectivity index (χ2v) is 8.09. The quantitative estimate of drug-likeness (QED) is 0.755. The van der Waals surface area contributed by atoms with Crippen molar-refractivity contribution >= 4 is 44.6 Å². The van der Waals surface area contributed by atoms with Crippen LogP contribution in [-0.4, -0.2) is 27.8 Å². The van der Waals surface area contributed by atoms with Gasteiger partial charge in [-0.1, -0.05) is 23.2 Å². The number of halogens is 2. The van der Waals surface area contributed by atoms with Gasteiger partial charge in [-0.2, -0.15) is 0 Å². The molecular weight excluding hydrogens is 315 g/mol. The molecular formula is C10H16Cl2N2O2S2. The molecule has 0 fully saturated rings. The Morgan fingerprint density at radius 2 is 2.06 bits per heavy atom. The van der Waals surface area contributed by atoms with Crippen molar-refractivity contribution in [2.75, 3.05) is 19.3 Å². The Labute approximate surface area is 122 Å². The lowest BCUT2D eigenvalue weighted by Gasteiger charge is -2.13. The first-order chi connectivity index (χ1) is 8.29. The van der Waals surface area contributed by atoms with Crippen LogP contribution in [-0.2, 0) is 10.0 Å². The standard InChI is InChI=1S/C10H16Cl2N2O2S2/c1-7(8-6-9(11)17-10(8)12)13-4-3-5-14-18(2,15)16/h6-7,13-14H,3-5H2,1-2H3. The minimum atomic E-state index is -3.10. The second kappa shape index (κ2) is 7.07. The Kier molecular flexibility index (Phi) is 6.37. The molecule has 0 aromatic carbocycles. The summed E-state index contributed by atoms with van der Waals surface area (Å²) < 4.78 is 25.5. The molecule has 0 saturated carbocycles. The Morgan fingerprint density at radius 1 is 1.39 bits per heavy atom. The van der Waals surface area contributed by atoms with Crippen LogP contribution in [0.3, 0.4) is 0 Å². The van der Waals surface area contributed by atoms with Crippen LogP contribution in [0.15, 0.2) is 6.07 Å². The summed E-state index contributed by atoms with van der Waals surface area (Å²) in [6.45, 7) is 3.12. The number of thiophene rings is 1. The molecule has 0 aliphatic carbocycles. The molecule has 1 rings (SSSR count). The normalized spacial score (nSPS) is 13.8. The average molecular weight is 331 g/mol. The first kappa shape index (κ1) is 16.2. The van der Waals surface area contributed by atoms with Crippen molar-refractivity contribution in [3.05, 3.63) is 20.3 Å². The van der Waals surface area contributed by atoms with E-state index in [4.69, 9.17) is 23.2 Å². The second-order valence-electron chi connectivity index (χ2n) is 3.98. The predicted octanol–water partition coefficient (Wildman–Crippen LogP) is 2.64. The monoisotopic (exact) mass is 330 g/mol. The smallest absolute Gasteiger partial charge is 0.208 e. The molecule has 0 aliphatic heterocycles. The maximum atomic E-state index is 10.8. The fraction of sp³-hybridized carbons (Fsp3) is 0.600. The molecule has 1 aromatic rings. The summed E-state index contributed by atoms with van der Waals surface area (Å²) in [5, 5.41) is 3.27. The third kappa shape index (κ3) is 5.86. The van der Waals surface area contributed by atoms with E-state index in [9.17, 15) is 8.42 Å². The topological polar surface area (TPSA) is 58.2 Å². The van der Waals surface area contributed by atoms with Gasteiger partial charge >= 0.3 is 0 Å². The first-order valence-electron chi connectivity index (χ1n) is 5.42. The highest BCUT2D eigenvalue weighted by Gasteiger charge is 2.12. The van der Waals surface area contributed by atoms with Gasteiger partial charge in [0.25, 0.3) is 0 Å². The third-order valence-corrected chi connectivity index (χ3v) is 4.56. The van der Waals surface area contributed by atoms with Gasteiger partial charge in [-0.15, -0.1) is 11.3 Å². The molecule has 0 bridgehead atoms. The summed E-state index contributed by atoms with van der Waals surface area (Å²) in [7, 11) is -3.10. The van der Waals surface area contributed by atoms with Gasteiger partial charge in [-0.3, -0.25) is 0 Å². The molecule has 0 amide bonds. The van der Waals surface area contributed by atoms with Crippen molar-refractivity contribution in [3.63, 3.8) is 0 Å². The fourth-order valence-corrected chi connectivity index (χ4v) is 3.58. The first-order valence-corrected chi connectivity index (χ1v) is 8.88. The Bertz CT molecular complexity index is 488. The molecule has 4 nitrogen and oxygen atoms in total. The van der Waals surface area contributed by atoms with Gasteiger partial charge in [-0.05, 0) is 31.5 Å². The van der Waals surface area contributed by atoms with Crippen molar-refractivity contribution in [2.45, 2.75) is 19.4 Å². The van der Waals surface area contributed by atoms with E-state index < -0.39 is 10.0 Å². The lowest BCUT2D eigenvalue weighted by molar-refractivity contribution is 0.549. The molecule has 18 heavy (non-hydrogen) atoms. The van der Waals surface area contributed by atoms with Crippen LogP contribution < -0.4 is 10.0 Å². The fourth-order valence-electron chi connectivity index (χ4n) is 1.42. The molecule has 0 spiro atoms. The SMILES string of the molecule is CC(NCCCNS(C)(=O)=O)c1cc(Cl)sc1Cl. The number of hydrogen-bond acceptors (Lipinski definition) is 4. The number of nitrogens with one attached hydrogen (secondary N) is 2. The molecule has 0 saturated heterocycles. The van der Waals surface area contributed by atoms with Gasteiger partial charge in [0, 0.05) is 12.6 Å². The highest BCUT2D eigenvalue weighted by molar-refractivity contribution is 7.88. The lowest BCUT2D eigenvalue weighted by Crippen LogP contribution is -2.27. The van der Waals surface area contributed by atoms with E-state index in [0.717, 1.165) is 11.8 Å². The highest BCUT2D eigenvalue weighted by Crippen LogP contribution is 2.34. The molecule has 1 heterocycles. The maximum absolute atomic E-state index is 10.8. The van der Waals surface area contributed by atoms with Crippen molar-refractivity contribution in [1.82, 2.24) is 10.0 Å². The minimum absolute atomic E-state index is 0.0967. The summed E-state index contributed by atoms with van der Waals surface area (Å²) >= 11 is 13.3. The van der Waals surface area contributed by atoms with Gasteiger partial charge in [0.05, 0.1) is 14.9 Å². The molecule has 0 aliphatic rings. The van der Waals surface area contributed by atoms with E-state index in [2.05, 4.69) is 10.0 Å². The maximum Gasteiger partial charge on any atom is 0.208 e. The van der Waals surface area contributed by atoms with Gasteiger partial charge in [-0.25, -0.2) is 13.1 Å². The lowest BCUT2D eigenvalue weighted by atomic mass is 10.2. The summed E-state index contributed by atoms with van der Waals surface area (Å²) in [6, 6.07) is 1.94. The molecule has 1 atom stereocenters. The predicted molar refractivity (Wildman–Crippen MR) is 78.2 cm³/mol.